The van der Waals surface area contributed by atoms with Crippen LogP contribution in [0.4, 0.5) is 50.9 Å². The third-order valence-electron chi connectivity index (χ3n) is 11.0. The number of rotatable bonds is 3. The van der Waals surface area contributed by atoms with Crippen LogP contribution >= 0.6 is 0 Å². The molecule has 4 nitrogen and oxygen atoms in total. The standard InChI is InChI=1S/C43H31F9N2O2/c1-22-11-10-12-26(17-22)37-54-36-24(3)19-28(21-34(36)40(56-37,42(47,48)49)43(50,51)52)39(31-15-8-6-13-29(31)30-14-7-9-16-32(30)39)27-18-23(2)35-33(20-27)38(5,41(44,45)46)55-25(4)53-35/h6-21H,1-5H3. The lowest BCUT2D eigenvalue weighted by Crippen LogP contribution is -2.58. The van der Waals surface area contributed by atoms with Crippen LogP contribution in [0.2, 0.25) is 0 Å². The Morgan fingerprint density at radius 3 is 1.55 bits per heavy atom. The molecule has 1 unspecified atom stereocenters. The van der Waals surface area contributed by atoms with E-state index in [0.29, 0.717) is 27.8 Å². The molecule has 3 aliphatic rings. The lowest BCUT2D eigenvalue weighted by atomic mass is 9.65. The van der Waals surface area contributed by atoms with Crippen LogP contribution in [0.1, 0.15) is 69.5 Å². The molecule has 0 radical (unpaired) electrons. The molecule has 5 aromatic carbocycles. The number of benzene rings is 5. The second-order valence-electron chi connectivity index (χ2n) is 14.5. The van der Waals surface area contributed by atoms with E-state index in [4.69, 9.17) is 9.47 Å². The Morgan fingerprint density at radius 2 is 1.04 bits per heavy atom. The minimum atomic E-state index is -6.07. The van der Waals surface area contributed by atoms with Gasteiger partial charge in [0.15, 0.2) is 5.90 Å². The number of aryl methyl sites for hydroxylation is 3. The van der Waals surface area contributed by atoms with Gasteiger partial charge in [-0.3, -0.25) is 0 Å². The average molecular weight is 779 g/mol. The van der Waals surface area contributed by atoms with Gasteiger partial charge in [0.1, 0.15) is 0 Å². The summed E-state index contributed by atoms with van der Waals surface area (Å²) in [7, 11) is 0. The highest BCUT2D eigenvalue weighted by molar-refractivity contribution is 5.98. The molecular weight excluding hydrogens is 747 g/mol. The summed E-state index contributed by atoms with van der Waals surface area (Å²) in [5.41, 5.74) is -9.05. The molecule has 5 aromatic rings. The van der Waals surface area contributed by atoms with Crippen molar-refractivity contribution in [2.45, 2.75) is 69.8 Å². The molecule has 1 atom stereocenters. The van der Waals surface area contributed by atoms with Crippen LogP contribution in [0.5, 0.6) is 0 Å². The molecule has 0 saturated heterocycles. The van der Waals surface area contributed by atoms with Crippen LogP contribution in [0, 0.1) is 20.8 Å². The monoisotopic (exact) mass is 778 g/mol. The van der Waals surface area contributed by atoms with Crippen LogP contribution in [-0.2, 0) is 26.1 Å². The van der Waals surface area contributed by atoms with Crippen molar-refractivity contribution in [3.63, 3.8) is 0 Å². The molecular formula is C43H31F9N2O2. The fourth-order valence-corrected chi connectivity index (χ4v) is 8.49. The Kier molecular flexibility index (Phi) is 7.97. The molecule has 1 aliphatic carbocycles. The summed E-state index contributed by atoms with van der Waals surface area (Å²) >= 11 is 0. The Balaban J connectivity index is 1.53. The number of aliphatic imine (C=N–C) groups is 2. The van der Waals surface area contributed by atoms with Crippen molar-refractivity contribution in [3.05, 3.63) is 153 Å². The largest absolute Gasteiger partial charge is 0.460 e. The van der Waals surface area contributed by atoms with Crippen molar-refractivity contribution in [3.8, 4) is 11.1 Å². The molecule has 0 fully saturated rings. The fourth-order valence-electron chi connectivity index (χ4n) is 8.49. The Bertz CT molecular complexity index is 2470. The number of hydrogen-bond acceptors (Lipinski definition) is 4. The Labute approximate surface area is 315 Å². The molecule has 288 valence electrons. The summed E-state index contributed by atoms with van der Waals surface area (Å²) < 4.78 is 149. The van der Waals surface area contributed by atoms with Gasteiger partial charge in [-0.15, -0.1) is 0 Å². The van der Waals surface area contributed by atoms with E-state index >= 15 is 39.5 Å². The molecule has 8 rings (SSSR count). The van der Waals surface area contributed by atoms with E-state index in [1.165, 1.54) is 44.2 Å². The maximum atomic E-state index is 15.5. The maximum Gasteiger partial charge on any atom is 0.442 e. The summed E-state index contributed by atoms with van der Waals surface area (Å²) in [4.78, 5) is 8.60. The average Bonchev–Trinajstić information content (AvgIpc) is 3.41. The van der Waals surface area contributed by atoms with E-state index in [2.05, 4.69) is 9.98 Å². The van der Waals surface area contributed by atoms with Crippen molar-refractivity contribution in [1.29, 1.82) is 0 Å². The van der Waals surface area contributed by atoms with Gasteiger partial charge in [0.05, 0.1) is 16.8 Å². The zero-order valence-electron chi connectivity index (χ0n) is 30.4. The van der Waals surface area contributed by atoms with E-state index in [0.717, 1.165) is 13.0 Å². The van der Waals surface area contributed by atoms with Gasteiger partial charge in [-0.25, -0.2) is 9.98 Å². The number of hydrogen-bond donors (Lipinski definition) is 0. The Morgan fingerprint density at radius 1 is 0.518 bits per heavy atom. The summed E-state index contributed by atoms with van der Waals surface area (Å²) in [6.45, 7) is 6.68. The van der Waals surface area contributed by atoms with Gasteiger partial charge in [0.25, 0.3) is 0 Å². The lowest BCUT2D eigenvalue weighted by Gasteiger charge is -2.43. The highest BCUT2D eigenvalue weighted by Crippen LogP contribution is 2.62. The molecule has 2 aliphatic heterocycles. The van der Waals surface area contributed by atoms with Gasteiger partial charge in [-0.2, -0.15) is 39.5 Å². The fraction of sp³-hybridized carbons (Fsp3) is 0.256. The number of alkyl halides is 9. The SMILES string of the molecule is CC1=Nc2c(C)cc(C3(c4cc(C)c5c(c4)C(C(F)(F)F)(C(F)(F)F)OC(c4cccc(C)c4)=N5)c4ccccc4-c4ccccc43)cc2C(C)(C(F)(F)F)O1. The second kappa shape index (κ2) is 12.0. The van der Waals surface area contributed by atoms with E-state index < -0.39 is 52.3 Å². The number of fused-ring (bicyclic) bond motifs is 5. The van der Waals surface area contributed by atoms with Crippen molar-refractivity contribution in [1.82, 2.24) is 0 Å². The summed E-state index contributed by atoms with van der Waals surface area (Å²) in [6.07, 6.45) is -17.1. The number of ether oxygens (including phenoxy) is 2. The van der Waals surface area contributed by atoms with Crippen LogP contribution in [-0.4, -0.2) is 30.3 Å². The summed E-state index contributed by atoms with van der Waals surface area (Å²) in [6, 6.07) is 24.5. The van der Waals surface area contributed by atoms with Gasteiger partial charge >= 0.3 is 24.1 Å². The summed E-state index contributed by atoms with van der Waals surface area (Å²) in [5.74, 6) is -1.10. The molecule has 2 heterocycles. The van der Waals surface area contributed by atoms with Gasteiger partial charge < -0.3 is 9.47 Å². The molecule has 56 heavy (non-hydrogen) atoms. The van der Waals surface area contributed by atoms with E-state index in [-0.39, 0.29) is 45.0 Å². The molecule has 0 bridgehead atoms. The van der Waals surface area contributed by atoms with Crippen LogP contribution in [0.3, 0.4) is 0 Å². The van der Waals surface area contributed by atoms with Crippen LogP contribution < -0.4 is 0 Å². The molecule has 0 saturated carbocycles. The van der Waals surface area contributed by atoms with E-state index in [9.17, 15) is 0 Å². The van der Waals surface area contributed by atoms with E-state index in [1.807, 2.05) is 0 Å². The van der Waals surface area contributed by atoms with Crippen LogP contribution in [0.25, 0.3) is 11.1 Å². The van der Waals surface area contributed by atoms with Crippen molar-refractivity contribution >= 4 is 23.2 Å². The predicted octanol–water partition coefficient (Wildman–Crippen LogP) is 12.3. The third-order valence-corrected chi connectivity index (χ3v) is 11.0. The zero-order valence-corrected chi connectivity index (χ0v) is 30.4. The minimum Gasteiger partial charge on any atom is -0.460 e. The highest BCUT2D eigenvalue weighted by Gasteiger charge is 2.77. The Hall–Kier alpha value is -5.59. The zero-order chi connectivity index (χ0) is 40.4. The first-order chi connectivity index (χ1) is 26.1. The lowest BCUT2D eigenvalue weighted by molar-refractivity contribution is -0.370. The highest BCUT2D eigenvalue weighted by atomic mass is 19.4. The smallest absolute Gasteiger partial charge is 0.442 e. The topological polar surface area (TPSA) is 43.2 Å². The van der Waals surface area contributed by atoms with Crippen molar-refractivity contribution in [2.24, 2.45) is 9.98 Å². The minimum absolute atomic E-state index is 0.00626. The number of halogens is 9. The summed E-state index contributed by atoms with van der Waals surface area (Å²) in [5, 5.41) is 0. The second-order valence-corrected chi connectivity index (χ2v) is 14.5. The third kappa shape index (κ3) is 5.01. The molecule has 0 spiro atoms. The van der Waals surface area contributed by atoms with Gasteiger partial charge in [-0.05, 0) is 96.5 Å². The molecule has 13 heteroatoms. The van der Waals surface area contributed by atoms with Crippen molar-refractivity contribution in [2.75, 3.05) is 0 Å². The van der Waals surface area contributed by atoms with E-state index in [1.54, 1.807) is 74.5 Å². The first kappa shape index (κ1) is 37.3. The number of nitrogens with zero attached hydrogens (tertiary/aromatic N) is 2. The van der Waals surface area contributed by atoms with Crippen LogP contribution in [0.15, 0.2) is 107 Å². The first-order valence-corrected chi connectivity index (χ1v) is 17.4. The van der Waals surface area contributed by atoms with Gasteiger partial charge in [0, 0.05) is 23.6 Å². The quantitative estimate of drug-likeness (QED) is 0.168. The van der Waals surface area contributed by atoms with Crippen molar-refractivity contribution < 1.29 is 49.0 Å². The molecule has 0 N–H and O–H groups in total. The molecule has 0 aromatic heterocycles. The molecule has 0 amide bonds. The first-order valence-electron chi connectivity index (χ1n) is 17.4. The normalized spacial score (nSPS) is 19.4. The maximum absolute atomic E-state index is 15.5. The predicted molar refractivity (Wildman–Crippen MR) is 193 cm³/mol. The van der Waals surface area contributed by atoms with Gasteiger partial charge in [0.2, 0.25) is 11.5 Å². The van der Waals surface area contributed by atoms with Gasteiger partial charge in [-0.1, -0.05) is 78.4 Å².